The van der Waals surface area contributed by atoms with Crippen LogP contribution in [-0.2, 0) is 16.1 Å². The zero-order valence-electron chi connectivity index (χ0n) is 25.3. The number of aliphatic hydroxyl groups excluding tert-OH is 1. The second-order valence-corrected chi connectivity index (χ2v) is 10.8. The maximum atomic E-state index is 15.3. The second kappa shape index (κ2) is 14.5. The third-order valence-electron chi connectivity index (χ3n) is 7.20. The Kier molecular flexibility index (Phi) is 10.6. The van der Waals surface area contributed by atoms with Gasteiger partial charge in [-0.2, -0.15) is 0 Å². The van der Waals surface area contributed by atoms with Crippen molar-refractivity contribution in [3.05, 3.63) is 89.4 Å². The highest BCUT2D eigenvalue weighted by Crippen LogP contribution is 2.30. The molecule has 232 valence electrons. The van der Waals surface area contributed by atoms with Crippen LogP contribution >= 0.6 is 0 Å². The minimum Gasteiger partial charge on any atom is -0.485 e. The summed E-state index contributed by atoms with van der Waals surface area (Å²) in [5, 5.41) is 16.8. The fourth-order valence-corrected chi connectivity index (χ4v) is 4.76. The molecule has 0 radical (unpaired) electrons. The normalized spacial score (nSPS) is 12.3. The van der Waals surface area contributed by atoms with Crippen LogP contribution in [0, 0.1) is 12.7 Å². The van der Waals surface area contributed by atoms with Crippen LogP contribution in [-0.4, -0.2) is 59.9 Å². The molecule has 0 saturated carbocycles. The number of hydrogen-bond donors (Lipinski definition) is 4. The van der Waals surface area contributed by atoms with Gasteiger partial charge in [0.25, 0.3) is 0 Å². The minimum atomic E-state index is -0.754. The summed E-state index contributed by atoms with van der Waals surface area (Å²) >= 11 is 0. The second-order valence-electron chi connectivity index (χ2n) is 10.8. The van der Waals surface area contributed by atoms with E-state index in [9.17, 15) is 14.7 Å². The lowest BCUT2D eigenvalue weighted by atomic mass is 9.97. The van der Waals surface area contributed by atoms with Crippen molar-refractivity contribution in [3.63, 3.8) is 0 Å². The molecule has 0 saturated heterocycles. The Morgan fingerprint density at radius 1 is 1.09 bits per heavy atom. The third-order valence-corrected chi connectivity index (χ3v) is 7.20. The molecule has 44 heavy (non-hydrogen) atoms. The Morgan fingerprint density at radius 2 is 1.86 bits per heavy atom. The first-order valence-corrected chi connectivity index (χ1v) is 14.3. The highest BCUT2D eigenvalue weighted by molar-refractivity contribution is 5.93. The Labute approximate surface area is 256 Å². The van der Waals surface area contributed by atoms with Gasteiger partial charge >= 0.3 is 6.09 Å². The van der Waals surface area contributed by atoms with E-state index in [1.54, 1.807) is 26.2 Å². The van der Waals surface area contributed by atoms with Gasteiger partial charge in [-0.25, -0.2) is 14.2 Å². The number of carbonyl (C=O) groups is 2. The van der Waals surface area contributed by atoms with Gasteiger partial charge in [0.2, 0.25) is 5.91 Å². The summed E-state index contributed by atoms with van der Waals surface area (Å²) in [7, 11) is 1.58. The number of nitrogens with one attached hydrogen (secondary N) is 2. The fourth-order valence-electron chi connectivity index (χ4n) is 4.76. The van der Waals surface area contributed by atoms with E-state index in [0.29, 0.717) is 11.4 Å². The predicted octanol–water partition coefficient (Wildman–Crippen LogP) is 5.45. The minimum absolute atomic E-state index is 0.0281. The molecule has 0 aliphatic carbocycles. The van der Waals surface area contributed by atoms with Crippen molar-refractivity contribution in [3.8, 4) is 5.75 Å². The van der Waals surface area contributed by atoms with Crippen LogP contribution in [0.5, 0.6) is 5.75 Å². The third kappa shape index (κ3) is 8.13. The topological polar surface area (TPSA) is 139 Å². The van der Waals surface area contributed by atoms with Crippen LogP contribution in [0.1, 0.15) is 36.5 Å². The van der Waals surface area contributed by atoms with E-state index >= 15 is 4.39 Å². The molecule has 2 atom stereocenters. The van der Waals surface area contributed by atoms with Gasteiger partial charge in [0.1, 0.15) is 11.9 Å². The molecular formula is C33H38FN5O5. The van der Waals surface area contributed by atoms with Gasteiger partial charge in [-0.15, -0.1) is 0 Å². The number of nitrogens with two attached hydrogens (primary N) is 1. The molecule has 0 bridgehead atoms. The highest BCUT2D eigenvalue weighted by Gasteiger charge is 2.20. The molecule has 3 aromatic carbocycles. The molecular weight excluding hydrogens is 565 g/mol. The molecule has 4 rings (SSSR count). The number of pyridine rings is 1. The van der Waals surface area contributed by atoms with Crippen molar-refractivity contribution >= 4 is 40.0 Å². The number of carbonyl (C=O) groups excluding carboxylic acids is 2. The van der Waals surface area contributed by atoms with E-state index in [2.05, 4.69) is 15.6 Å². The number of likely N-dealkylation sites (N-methyl/N-ethyl adjacent to an activating group) is 1. The number of ether oxygens (including phenoxy) is 2. The number of halogens is 1. The van der Waals surface area contributed by atoms with Crippen molar-refractivity contribution in [2.24, 2.45) is 0 Å². The lowest BCUT2D eigenvalue weighted by Crippen LogP contribution is -2.32. The van der Waals surface area contributed by atoms with Crippen LogP contribution < -0.4 is 21.1 Å². The first kappa shape index (κ1) is 32.0. The van der Waals surface area contributed by atoms with E-state index < -0.39 is 18.0 Å². The van der Waals surface area contributed by atoms with Gasteiger partial charge in [-0.3, -0.25) is 10.1 Å². The molecule has 11 heteroatoms. The molecule has 1 heterocycles. The van der Waals surface area contributed by atoms with Crippen LogP contribution in [0.25, 0.3) is 10.8 Å². The Morgan fingerprint density at radius 3 is 2.61 bits per heavy atom. The number of benzene rings is 3. The Balaban J connectivity index is 1.43. The number of anilines is 3. The zero-order valence-corrected chi connectivity index (χ0v) is 25.3. The molecule has 0 aliphatic heterocycles. The number of aryl methyl sites for hydroxylation is 1. The number of nitrogens with zero attached hydrogens (tertiary/aromatic N) is 2. The van der Waals surface area contributed by atoms with Gasteiger partial charge < -0.3 is 30.5 Å². The highest BCUT2D eigenvalue weighted by atomic mass is 19.1. The maximum Gasteiger partial charge on any atom is 0.411 e. The summed E-state index contributed by atoms with van der Waals surface area (Å²) in [6.45, 7) is 5.28. The predicted molar refractivity (Wildman–Crippen MR) is 169 cm³/mol. The van der Waals surface area contributed by atoms with E-state index in [1.807, 2.05) is 56.3 Å². The van der Waals surface area contributed by atoms with Crippen molar-refractivity contribution in [2.75, 3.05) is 43.2 Å². The molecule has 5 N–H and O–H groups in total. The molecule has 0 fully saturated rings. The van der Waals surface area contributed by atoms with Crippen LogP contribution in [0.15, 0.2) is 66.9 Å². The first-order valence-electron chi connectivity index (χ1n) is 14.3. The summed E-state index contributed by atoms with van der Waals surface area (Å²) < 4.78 is 26.3. The average Bonchev–Trinajstić information content (AvgIpc) is 3.00. The molecule has 2 unspecified atom stereocenters. The van der Waals surface area contributed by atoms with E-state index in [-0.39, 0.29) is 49.6 Å². The number of amides is 2. The average molecular weight is 604 g/mol. The van der Waals surface area contributed by atoms with Crippen LogP contribution in [0.4, 0.5) is 26.4 Å². The van der Waals surface area contributed by atoms with Crippen molar-refractivity contribution < 1.29 is 28.6 Å². The van der Waals surface area contributed by atoms with Crippen molar-refractivity contribution in [2.45, 2.75) is 39.3 Å². The smallest absolute Gasteiger partial charge is 0.411 e. The summed E-state index contributed by atoms with van der Waals surface area (Å²) in [5.74, 6) is -0.762. The van der Waals surface area contributed by atoms with Crippen molar-refractivity contribution in [1.82, 2.24) is 9.88 Å². The number of fused-ring (bicyclic) bond motifs is 1. The summed E-state index contributed by atoms with van der Waals surface area (Å²) in [6, 6.07) is 17.8. The zero-order chi connectivity index (χ0) is 31.8. The Bertz CT molecular complexity index is 1630. The van der Waals surface area contributed by atoms with Gasteiger partial charge in [-0.05, 0) is 60.7 Å². The van der Waals surface area contributed by atoms with Gasteiger partial charge in [-0.1, -0.05) is 31.2 Å². The molecule has 4 aromatic rings. The number of aliphatic hydroxyl groups is 1. The maximum absolute atomic E-state index is 15.3. The number of aromatic nitrogens is 1. The van der Waals surface area contributed by atoms with E-state index in [1.165, 1.54) is 11.0 Å². The first-order chi connectivity index (χ1) is 21.0. The van der Waals surface area contributed by atoms with Crippen LogP contribution in [0.3, 0.4) is 0 Å². The molecule has 0 aliphatic rings. The quantitative estimate of drug-likeness (QED) is 0.168. The van der Waals surface area contributed by atoms with Gasteiger partial charge in [0, 0.05) is 54.1 Å². The lowest BCUT2D eigenvalue weighted by molar-refractivity contribution is -0.128. The van der Waals surface area contributed by atoms with E-state index in [4.69, 9.17) is 15.2 Å². The van der Waals surface area contributed by atoms with Gasteiger partial charge in [0.15, 0.2) is 11.6 Å². The lowest BCUT2D eigenvalue weighted by Gasteiger charge is -2.22. The van der Waals surface area contributed by atoms with Crippen molar-refractivity contribution in [1.29, 1.82) is 0 Å². The Hall–Kier alpha value is -4.90. The monoisotopic (exact) mass is 603 g/mol. The molecule has 0 spiro atoms. The molecule has 10 nitrogen and oxygen atoms in total. The summed E-state index contributed by atoms with van der Waals surface area (Å²) in [4.78, 5) is 31.1. The largest absolute Gasteiger partial charge is 0.485 e. The van der Waals surface area contributed by atoms with Gasteiger partial charge in [0.05, 0.1) is 19.8 Å². The molecule has 1 aromatic heterocycles. The summed E-state index contributed by atoms with van der Waals surface area (Å²) in [5.41, 5.74) is 9.25. The number of nitrogen functional groups attached to an aromatic ring is 1. The number of rotatable bonds is 12. The fraction of sp³-hybridized carbons (Fsp3) is 0.303. The van der Waals surface area contributed by atoms with Crippen LogP contribution in [0.2, 0.25) is 0 Å². The van der Waals surface area contributed by atoms with E-state index in [0.717, 1.165) is 33.7 Å². The number of hydrogen-bond acceptors (Lipinski definition) is 8. The standard InChI is InChI=1S/C33H38FN5O5/c1-20-7-5-6-8-27(20)21(2)19-43-33(42)38-26-14-24(31(29(34)15-26)44-22(3)18-40)17-39(4)30(41)16-37-25-9-10-28-23(13-25)11-12-36-32(28)35/h5-15,21-22,37,40H,16-19H2,1-4H3,(H2,35,36)(H,38,42). The molecule has 2 amide bonds. The summed E-state index contributed by atoms with van der Waals surface area (Å²) in [6.07, 6.45) is 0.176. The SMILES string of the molecule is Cc1ccccc1C(C)COC(=O)Nc1cc(F)c(OC(C)CO)c(CN(C)C(=O)CNc2ccc3c(N)nccc3c2)c1.